The number of esters is 1. The van der Waals surface area contributed by atoms with Gasteiger partial charge in [0.25, 0.3) is 0 Å². The smallest absolute Gasteiger partial charge is 0.372 e. The highest BCUT2D eigenvalue weighted by Gasteiger charge is 2.75. The van der Waals surface area contributed by atoms with Crippen LogP contribution in [0.15, 0.2) is 24.5 Å². The molecule has 2 bridgehead atoms. The molecule has 6 fully saturated rings. The summed E-state index contributed by atoms with van der Waals surface area (Å²) in [7, 11) is 4.07. The maximum absolute atomic E-state index is 13.2. The summed E-state index contributed by atoms with van der Waals surface area (Å²) in [4.78, 5) is 15.3. The van der Waals surface area contributed by atoms with E-state index in [1.165, 1.54) is 57.8 Å². The van der Waals surface area contributed by atoms with Gasteiger partial charge in [-0.25, -0.2) is 4.79 Å². The van der Waals surface area contributed by atoms with E-state index in [-0.39, 0.29) is 29.6 Å². The Kier molecular flexibility index (Phi) is 6.61. The SMILES string of the molecule is CN(C)c1cc[n+](CC(=O)O[C@H]2CC[C@@]3(C)C(CC[C@]4(C)C3CCC3C5[C@H]6O[C@@]5(CCC6(C)C)CC[C@]34C)C2(C)C)cc1. The molecule has 2 aliphatic heterocycles. The molecule has 238 valence electrons. The predicted octanol–water partition coefficient (Wildman–Crippen LogP) is 7.59. The second-order valence-corrected chi connectivity index (χ2v) is 18.2. The summed E-state index contributed by atoms with van der Waals surface area (Å²) in [6.45, 7) is 18.2. The van der Waals surface area contributed by atoms with Gasteiger partial charge in [-0.2, -0.15) is 4.57 Å². The van der Waals surface area contributed by atoms with Gasteiger partial charge in [0, 0.05) is 43.2 Å². The molecular formula is C38H59N2O3+. The molecule has 43 heavy (non-hydrogen) atoms. The quantitative estimate of drug-likeness (QED) is 0.267. The molecular weight excluding hydrogens is 532 g/mol. The third-order valence-corrected chi connectivity index (χ3v) is 15.6. The van der Waals surface area contributed by atoms with E-state index in [4.69, 9.17) is 9.47 Å². The van der Waals surface area contributed by atoms with Gasteiger partial charge in [-0.3, -0.25) is 0 Å². The summed E-state index contributed by atoms with van der Waals surface area (Å²) in [5, 5.41) is 0. The lowest BCUT2D eigenvalue weighted by molar-refractivity contribution is -0.686. The van der Waals surface area contributed by atoms with Gasteiger partial charge in [0.05, 0.1) is 11.7 Å². The summed E-state index contributed by atoms with van der Waals surface area (Å²) in [6.07, 6.45) is 17.1. The van der Waals surface area contributed by atoms with Crippen LogP contribution in [0.1, 0.15) is 113 Å². The number of hydrogen-bond acceptors (Lipinski definition) is 4. The average molecular weight is 592 g/mol. The molecule has 4 unspecified atom stereocenters. The van der Waals surface area contributed by atoms with E-state index in [1.807, 2.05) is 31.1 Å². The van der Waals surface area contributed by atoms with Crippen LogP contribution in [0, 0.1) is 50.7 Å². The molecule has 10 atom stereocenters. The largest absolute Gasteiger partial charge is 0.457 e. The molecule has 4 saturated carbocycles. The number of rotatable bonds is 4. The molecule has 0 amide bonds. The number of pyridine rings is 1. The van der Waals surface area contributed by atoms with Crippen molar-refractivity contribution in [2.75, 3.05) is 19.0 Å². The van der Waals surface area contributed by atoms with E-state index in [1.54, 1.807) is 0 Å². The van der Waals surface area contributed by atoms with Gasteiger partial charge in [-0.1, -0.05) is 48.5 Å². The Labute approximate surface area is 261 Å². The van der Waals surface area contributed by atoms with Crippen LogP contribution in [-0.2, 0) is 20.8 Å². The Morgan fingerprint density at radius 1 is 0.860 bits per heavy atom. The van der Waals surface area contributed by atoms with E-state index in [0.717, 1.165) is 29.9 Å². The number of hydrogen-bond donors (Lipinski definition) is 0. The van der Waals surface area contributed by atoms with Crippen molar-refractivity contribution in [3.05, 3.63) is 24.5 Å². The number of carbonyl (C=O) groups excluding carboxylic acids is 1. The van der Waals surface area contributed by atoms with Crippen molar-refractivity contribution < 1.29 is 18.8 Å². The van der Waals surface area contributed by atoms with E-state index in [0.29, 0.717) is 33.7 Å². The van der Waals surface area contributed by atoms with Gasteiger partial charge in [0.1, 0.15) is 6.10 Å². The first-order chi connectivity index (χ1) is 20.1. The molecule has 4 aliphatic carbocycles. The fourth-order valence-electron chi connectivity index (χ4n) is 13.0. The third kappa shape index (κ3) is 4.04. The minimum Gasteiger partial charge on any atom is -0.457 e. The van der Waals surface area contributed by atoms with Crippen molar-refractivity contribution in [3.63, 3.8) is 0 Å². The molecule has 0 radical (unpaired) electrons. The number of anilines is 1. The lowest BCUT2D eigenvalue weighted by atomic mass is 9.31. The lowest BCUT2D eigenvalue weighted by Gasteiger charge is -2.77. The fourth-order valence-corrected chi connectivity index (χ4v) is 13.0. The summed E-state index contributed by atoms with van der Waals surface area (Å²) in [6, 6.07) is 4.10. The predicted molar refractivity (Wildman–Crippen MR) is 170 cm³/mol. The minimum absolute atomic E-state index is 0.0146. The van der Waals surface area contributed by atoms with Crippen molar-refractivity contribution in [3.8, 4) is 0 Å². The number of aromatic nitrogens is 1. The van der Waals surface area contributed by atoms with E-state index < -0.39 is 0 Å². The van der Waals surface area contributed by atoms with Crippen molar-refractivity contribution >= 4 is 11.7 Å². The van der Waals surface area contributed by atoms with Crippen LogP contribution in [0.25, 0.3) is 0 Å². The molecule has 0 aromatic carbocycles. The molecule has 2 saturated heterocycles. The van der Waals surface area contributed by atoms with E-state index >= 15 is 0 Å². The van der Waals surface area contributed by atoms with Crippen molar-refractivity contribution in [1.29, 1.82) is 0 Å². The average Bonchev–Trinajstić information content (AvgIpc) is 2.91. The molecule has 1 aromatic heterocycles. The van der Waals surface area contributed by atoms with Crippen molar-refractivity contribution in [1.82, 2.24) is 0 Å². The monoisotopic (exact) mass is 591 g/mol. The molecule has 1 aromatic rings. The molecule has 0 N–H and O–H groups in total. The second kappa shape index (κ2) is 9.46. The maximum Gasteiger partial charge on any atom is 0.372 e. The van der Waals surface area contributed by atoms with Gasteiger partial charge in [-0.05, 0) is 104 Å². The second-order valence-electron chi connectivity index (χ2n) is 18.2. The lowest BCUT2D eigenvalue weighted by Crippen LogP contribution is -2.77. The normalized spacial score (nSPS) is 47.1. The first-order valence-corrected chi connectivity index (χ1v) is 17.6. The Bertz CT molecular complexity index is 1270. The highest BCUT2D eigenvalue weighted by Crippen LogP contribution is 2.78. The summed E-state index contributed by atoms with van der Waals surface area (Å²) in [5.41, 5.74) is 2.67. The van der Waals surface area contributed by atoms with E-state index in [9.17, 15) is 4.79 Å². The summed E-state index contributed by atoms with van der Waals surface area (Å²) in [5.74, 6) is 2.78. The highest BCUT2D eigenvalue weighted by atomic mass is 16.5. The highest BCUT2D eigenvalue weighted by molar-refractivity contribution is 5.68. The number of ether oxygens (including phenoxy) is 2. The van der Waals surface area contributed by atoms with Gasteiger partial charge < -0.3 is 14.4 Å². The molecule has 6 aliphatic rings. The van der Waals surface area contributed by atoms with Crippen LogP contribution < -0.4 is 9.47 Å². The maximum atomic E-state index is 13.2. The summed E-state index contributed by atoms with van der Waals surface area (Å²) >= 11 is 0. The first-order valence-electron chi connectivity index (χ1n) is 17.6. The molecule has 7 rings (SSSR count). The molecule has 1 spiro atoms. The van der Waals surface area contributed by atoms with Crippen LogP contribution in [0.2, 0.25) is 0 Å². The molecule has 5 heteroatoms. The van der Waals surface area contributed by atoms with Crippen molar-refractivity contribution in [2.24, 2.45) is 50.7 Å². The van der Waals surface area contributed by atoms with Gasteiger partial charge in [-0.15, -0.1) is 0 Å². The van der Waals surface area contributed by atoms with Gasteiger partial charge >= 0.3 is 5.97 Å². The standard InChI is InChI=1S/C38H59N2O3/c1-33(2)18-20-38-21-19-36(6)26(31(38)32(33)43-38)10-11-28-35(5)16-13-29(34(3,4)27(35)12-17-37(28,36)7)42-30(41)24-40-22-14-25(15-23-40)39(8)9/h14-15,22-23,26-29,31-32H,10-13,16-21,24H2,1-9H3/q+1/t26?,27?,28?,29-,31?,32+,35-,36+,37+,38-/m0/s1. The van der Waals surface area contributed by atoms with Crippen LogP contribution >= 0.6 is 0 Å². The topological polar surface area (TPSA) is 42.7 Å². The van der Waals surface area contributed by atoms with Crippen molar-refractivity contribution in [2.45, 2.75) is 137 Å². The number of carbonyl (C=O) groups is 1. The zero-order valence-corrected chi connectivity index (χ0v) is 28.7. The zero-order valence-electron chi connectivity index (χ0n) is 28.7. The molecule has 3 heterocycles. The van der Waals surface area contributed by atoms with Crippen LogP contribution in [-0.4, -0.2) is 37.9 Å². The Morgan fingerprint density at radius 3 is 2.23 bits per heavy atom. The van der Waals surface area contributed by atoms with Gasteiger partial charge in [0.15, 0.2) is 12.4 Å². The van der Waals surface area contributed by atoms with E-state index in [2.05, 4.69) is 65.5 Å². The molecule has 5 nitrogen and oxygen atoms in total. The summed E-state index contributed by atoms with van der Waals surface area (Å²) < 4.78 is 15.1. The Balaban J connectivity index is 1.09. The minimum atomic E-state index is -0.106. The van der Waals surface area contributed by atoms with Gasteiger partial charge in [0.2, 0.25) is 6.54 Å². The zero-order chi connectivity index (χ0) is 30.8. The fraction of sp³-hybridized carbons (Fsp3) is 0.842. The number of fused-ring (bicyclic) bond motifs is 8. The third-order valence-electron chi connectivity index (χ3n) is 15.6. The first kappa shape index (κ1) is 30.1. The van der Waals surface area contributed by atoms with Crippen LogP contribution in [0.3, 0.4) is 0 Å². The Hall–Kier alpha value is -1.62. The Morgan fingerprint density at radius 2 is 1.56 bits per heavy atom. The number of nitrogens with zero attached hydrogens (tertiary/aromatic N) is 2. The van der Waals surface area contributed by atoms with Crippen LogP contribution in [0.5, 0.6) is 0 Å². The van der Waals surface area contributed by atoms with Crippen LogP contribution in [0.4, 0.5) is 5.69 Å².